The van der Waals surface area contributed by atoms with Gasteiger partial charge in [-0.05, 0) is 35.7 Å². The lowest BCUT2D eigenvalue weighted by atomic mass is 9.91. The Balaban J connectivity index is 2.78. The second-order valence-corrected chi connectivity index (χ2v) is 4.92. The Morgan fingerprint density at radius 3 is 1.91 bits per heavy atom. The second-order valence-electron chi connectivity index (χ2n) is 4.92. The van der Waals surface area contributed by atoms with E-state index in [1.165, 1.54) is 18.2 Å². The molecule has 0 atom stereocenters. The Morgan fingerprint density at radius 1 is 0.739 bits per heavy atom. The van der Waals surface area contributed by atoms with Crippen LogP contribution in [-0.4, -0.2) is 6.54 Å². The monoisotopic (exact) mass is 333 g/mol. The topological polar surface area (TPSA) is 26.0 Å². The first-order valence-corrected chi connectivity index (χ1v) is 6.72. The molecule has 2 aromatic carbocycles. The van der Waals surface area contributed by atoms with Gasteiger partial charge in [-0.25, -0.2) is 0 Å². The molecule has 1 nitrogen and oxygen atoms in total. The summed E-state index contributed by atoms with van der Waals surface area (Å²) in [5, 5.41) is 0. The van der Waals surface area contributed by atoms with Gasteiger partial charge in [-0.3, -0.25) is 0 Å². The fourth-order valence-electron chi connectivity index (χ4n) is 2.49. The van der Waals surface area contributed by atoms with Crippen molar-refractivity contribution >= 4 is 0 Å². The minimum Gasteiger partial charge on any atom is -0.330 e. The molecule has 0 fully saturated rings. The standard InChI is InChI=1S/C16H13F6N/c17-15(18,19)13-7-2-1-5-11(13)12-6-3-4-10(8-9-23)14(12)16(20,21)22/h1-7H,8-9,23H2. The molecule has 124 valence electrons. The van der Waals surface area contributed by atoms with Crippen molar-refractivity contribution in [2.24, 2.45) is 5.73 Å². The van der Waals surface area contributed by atoms with Crippen molar-refractivity contribution in [1.82, 2.24) is 0 Å². The van der Waals surface area contributed by atoms with Crippen LogP contribution in [0.1, 0.15) is 16.7 Å². The molecule has 2 rings (SSSR count). The molecule has 0 saturated carbocycles. The highest BCUT2D eigenvalue weighted by Gasteiger charge is 2.39. The summed E-state index contributed by atoms with van der Waals surface area (Å²) < 4.78 is 79.6. The van der Waals surface area contributed by atoms with Crippen molar-refractivity contribution in [1.29, 1.82) is 0 Å². The van der Waals surface area contributed by atoms with Crippen molar-refractivity contribution < 1.29 is 26.3 Å². The van der Waals surface area contributed by atoms with Gasteiger partial charge in [0.05, 0.1) is 11.1 Å². The van der Waals surface area contributed by atoms with Crippen LogP contribution >= 0.6 is 0 Å². The van der Waals surface area contributed by atoms with Crippen LogP contribution in [0.15, 0.2) is 42.5 Å². The van der Waals surface area contributed by atoms with Crippen LogP contribution in [0, 0.1) is 0 Å². The van der Waals surface area contributed by atoms with E-state index in [0.717, 1.165) is 24.3 Å². The van der Waals surface area contributed by atoms with Gasteiger partial charge in [0.2, 0.25) is 0 Å². The van der Waals surface area contributed by atoms with Crippen LogP contribution in [0.2, 0.25) is 0 Å². The molecule has 7 heteroatoms. The summed E-state index contributed by atoms with van der Waals surface area (Å²) in [4.78, 5) is 0. The first-order chi connectivity index (χ1) is 10.7. The van der Waals surface area contributed by atoms with Gasteiger partial charge in [0.1, 0.15) is 0 Å². The van der Waals surface area contributed by atoms with Crippen LogP contribution in [0.5, 0.6) is 0 Å². The molecule has 0 saturated heterocycles. The predicted octanol–water partition coefficient (Wildman–Crippen LogP) is 4.89. The average Bonchev–Trinajstić information content (AvgIpc) is 2.45. The predicted molar refractivity (Wildman–Crippen MR) is 74.6 cm³/mol. The molecule has 0 aromatic heterocycles. The second kappa shape index (κ2) is 6.23. The summed E-state index contributed by atoms with van der Waals surface area (Å²) in [5.41, 5.74) is 2.04. The molecule has 0 aliphatic carbocycles. The molecule has 23 heavy (non-hydrogen) atoms. The summed E-state index contributed by atoms with van der Waals surface area (Å²) in [6.45, 7) is -0.0343. The molecule has 0 aliphatic heterocycles. The van der Waals surface area contributed by atoms with Crippen molar-refractivity contribution in [2.45, 2.75) is 18.8 Å². The highest BCUT2D eigenvalue weighted by atomic mass is 19.4. The normalized spacial score (nSPS) is 12.5. The molecule has 2 N–H and O–H groups in total. The Bertz CT molecular complexity index is 688. The van der Waals surface area contributed by atoms with E-state index in [2.05, 4.69) is 0 Å². The number of nitrogens with two attached hydrogens (primary N) is 1. The zero-order valence-electron chi connectivity index (χ0n) is 11.8. The zero-order valence-corrected chi connectivity index (χ0v) is 11.8. The van der Waals surface area contributed by atoms with Gasteiger partial charge in [0.15, 0.2) is 0 Å². The molecule has 0 radical (unpaired) electrons. The minimum absolute atomic E-state index is 0.0343. The van der Waals surface area contributed by atoms with Crippen LogP contribution in [0.4, 0.5) is 26.3 Å². The first-order valence-electron chi connectivity index (χ1n) is 6.72. The number of halogens is 6. The number of hydrogen-bond acceptors (Lipinski definition) is 1. The van der Waals surface area contributed by atoms with Gasteiger partial charge in [-0.1, -0.05) is 36.4 Å². The van der Waals surface area contributed by atoms with Gasteiger partial charge in [0, 0.05) is 0 Å². The summed E-state index contributed by atoms with van der Waals surface area (Å²) in [6.07, 6.45) is -9.60. The first kappa shape index (κ1) is 17.3. The lowest BCUT2D eigenvalue weighted by Crippen LogP contribution is -2.15. The Morgan fingerprint density at radius 2 is 1.35 bits per heavy atom. The van der Waals surface area contributed by atoms with Crippen molar-refractivity contribution in [3.63, 3.8) is 0 Å². The fraction of sp³-hybridized carbons (Fsp3) is 0.250. The molecular formula is C16H13F6N. The lowest BCUT2D eigenvalue weighted by molar-refractivity contribution is -0.139. The van der Waals surface area contributed by atoms with Gasteiger partial charge >= 0.3 is 12.4 Å². The van der Waals surface area contributed by atoms with E-state index in [0.29, 0.717) is 0 Å². The van der Waals surface area contributed by atoms with E-state index >= 15 is 0 Å². The van der Waals surface area contributed by atoms with E-state index < -0.39 is 34.6 Å². The summed E-state index contributed by atoms with van der Waals surface area (Å²) in [6, 6.07) is 7.82. The van der Waals surface area contributed by atoms with Gasteiger partial charge in [-0.2, -0.15) is 26.3 Å². The number of hydrogen-bond donors (Lipinski definition) is 1. The van der Waals surface area contributed by atoms with Crippen LogP contribution in [-0.2, 0) is 18.8 Å². The maximum Gasteiger partial charge on any atom is 0.417 e. The molecule has 2 aromatic rings. The number of rotatable bonds is 3. The van der Waals surface area contributed by atoms with Crippen molar-refractivity contribution in [2.75, 3.05) is 6.54 Å². The van der Waals surface area contributed by atoms with Crippen LogP contribution in [0.25, 0.3) is 11.1 Å². The van der Waals surface area contributed by atoms with Crippen LogP contribution in [0.3, 0.4) is 0 Å². The Labute approximate surface area is 128 Å². The quantitative estimate of drug-likeness (QED) is 0.795. The van der Waals surface area contributed by atoms with Crippen LogP contribution < -0.4 is 5.73 Å². The van der Waals surface area contributed by atoms with Gasteiger partial charge < -0.3 is 5.73 Å². The third-order valence-corrected chi connectivity index (χ3v) is 3.37. The summed E-state index contributed by atoms with van der Waals surface area (Å²) in [5.74, 6) is 0. The number of alkyl halides is 6. The Kier molecular flexibility index (Phi) is 4.70. The molecule has 0 unspecified atom stereocenters. The molecule has 0 spiro atoms. The largest absolute Gasteiger partial charge is 0.417 e. The maximum atomic E-state index is 13.4. The molecule has 0 bridgehead atoms. The van der Waals surface area contributed by atoms with Crippen molar-refractivity contribution in [3.05, 3.63) is 59.2 Å². The van der Waals surface area contributed by atoms with E-state index in [4.69, 9.17) is 5.73 Å². The van der Waals surface area contributed by atoms with Crippen molar-refractivity contribution in [3.8, 4) is 11.1 Å². The molecule has 0 heterocycles. The third-order valence-electron chi connectivity index (χ3n) is 3.37. The highest BCUT2D eigenvalue weighted by Crippen LogP contribution is 2.43. The average molecular weight is 333 g/mol. The molecular weight excluding hydrogens is 320 g/mol. The highest BCUT2D eigenvalue weighted by molar-refractivity contribution is 5.73. The maximum absolute atomic E-state index is 13.4. The van der Waals surface area contributed by atoms with Gasteiger partial charge in [0.25, 0.3) is 0 Å². The van der Waals surface area contributed by atoms with E-state index in [-0.39, 0.29) is 18.5 Å². The fourth-order valence-corrected chi connectivity index (χ4v) is 2.49. The number of benzene rings is 2. The lowest BCUT2D eigenvalue weighted by Gasteiger charge is -2.20. The smallest absolute Gasteiger partial charge is 0.330 e. The Hall–Kier alpha value is -2.02. The minimum atomic E-state index is -4.78. The molecule has 0 aliphatic rings. The zero-order chi connectivity index (χ0) is 17.3. The van der Waals surface area contributed by atoms with E-state index in [9.17, 15) is 26.3 Å². The summed E-state index contributed by atoms with van der Waals surface area (Å²) >= 11 is 0. The van der Waals surface area contributed by atoms with E-state index in [1.807, 2.05) is 0 Å². The van der Waals surface area contributed by atoms with Gasteiger partial charge in [-0.15, -0.1) is 0 Å². The van der Waals surface area contributed by atoms with E-state index in [1.54, 1.807) is 0 Å². The SMILES string of the molecule is NCCc1cccc(-c2ccccc2C(F)(F)F)c1C(F)(F)F. The third kappa shape index (κ3) is 3.67. The summed E-state index contributed by atoms with van der Waals surface area (Å²) in [7, 11) is 0. The molecule has 0 amide bonds.